The molecule has 2 aliphatic carbocycles. The van der Waals surface area contributed by atoms with Gasteiger partial charge in [-0.2, -0.15) is 0 Å². The van der Waals surface area contributed by atoms with Gasteiger partial charge in [0.15, 0.2) is 0 Å². The van der Waals surface area contributed by atoms with Crippen LogP contribution in [0, 0.1) is 0 Å². The molecule has 1 aliphatic heterocycles. The number of hydrogen-bond donors (Lipinski definition) is 1. The zero-order valence-electron chi connectivity index (χ0n) is 14.9. The number of nitrogens with one attached hydrogen (secondary N) is 1. The van der Waals surface area contributed by atoms with Gasteiger partial charge in [0.1, 0.15) is 0 Å². The summed E-state index contributed by atoms with van der Waals surface area (Å²) in [4.78, 5) is 0. The normalized spacial score (nSPS) is 19.2. The SMILES string of the molecule is C1=CC=CNC=C1.IC1CCc2c(ccc3c2CCc2ccccc2-3)C1. The first-order valence-electron chi connectivity index (χ1n) is 9.43. The minimum Gasteiger partial charge on any atom is -0.368 e. The molecule has 0 saturated carbocycles. The van der Waals surface area contributed by atoms with Crippen molar-refractivity contribution in [1.29, 1.82) is 0 Å². The van der Waals surface area contributed by atoms with Gasteiger partial charge in [-0.15, -0.1) is 0 Å². The largest absolute Gasteiger partial charge is 0.368 e. The van der Waals surface area contributed by atoms with Crippen molar-refractivity contribution in [2.75, 3.05) is 0 Å². The van der Waals surface area contributed by atoms with E-state index < -0.39 is 0 Å². The molecular weight excluding hydrogens is 429 g/mol. The Bertz CT molecular complexity index is 862. The van der Waals surface area contributed by atoms with Gasteiger partial charge in [-0.1, -0.05) is 71.1 Å². The van der Waals surface area contributed by atoms with Crippen molar-refractivity contribution < 1.29 is 0 Å². The Kier molecular flexibility index (Phi) is 5.59. The molecule has 0 fully saturated rings. The van der Waals surface area contributed by atoms with E-state index in [1.165, 1.54) is 48.8 Å². The average molecular weight is 453 g/mol. The molecule has 5 rings (SSSR count). The maximum absolute atomic E-state index is 2.92. The molecule has 1 nitrogen and oxygen atoms in total. The van der Waals surface area contributed by atoms with E-state index in [2.05, 4.69) is 64.3 Å². The Labute approximate surface area is 170 Å². The molecule has 2 aromatic rings. The quantitative estimate of drug-likeness (QED) is 0.386. The van der Waals surface area contributed by atoms with Crippen molar-refractivity contribution in [2.24, 2.45) is 0 Å². The zero-order chi connectivity index (χ0) is 17.8. The molecule has 0 spiro atoms. The lowest BCUT2D eigenvalue weighted by Crippen LogP contribution is -2.17. The molecule has 3 aliphatic rings. The maximum atomic E-state index is 2.92. The number of benzene rings is 2. The summed E-state index contributed by atoms with van der Waals surface area (Å²) in [5.74, 6) is 0. The van der Waals surface area contributed by atoms with Gasteiger partial charge in [-0.3, -0.25) is 0 Å². The highest BCUT2D eigenvalue weighted by atomic mass is 127. The fourth-order valence-electron chi connectivity index (χ4n) is 4.09. The van der Waals surface area contributed by atoms with Crippen molar-refractivity contribution in [3.8, 4) is 11.1 Å². The monoisotopic (exact) mass is 453 g/mol. The van der Waals surface area contributed by atoms with Crippen LogP contribution in [0.4, 0.5) is 0 Å². The standard InChI is InChI=1S/C18H17I.C6H7N/c19-14-7-10-16-13(11-14)6-9-17-15-4-2-1-3-12(15)5-8-18(16)17;1-2-4-6-7-5-3-1/h1-4,6,9,14H,5,7-8,10-11H2;1-7H. The third kappa shape index (κ3) is 3.80. The number of alkyl halides is 1. The molecule has 1 heterocycles. The van der Waals surface area contributed by atoms with Crippen molar-refractivity contribution in [3.05, 3.63) is 95.4 Å². The lowest BCUT2D eigenvalue weighted by molar-refractivity contribution is 0.711. The van der Waals surface area contributed by atoms with Gasteiger partial charge in [0.2, 0.25) is 0 Å². The lowest BCUT2D eigenvalue weighted by Gasteiger charge is -2.28. The molecule has 1 atom stereocenters. The number of rotatable bonds is 0. The van der Waals surface area contributed by atoms with Gasteiger partial charge < -0.3 is 5.32 Å². The van der Waals surface area contributed by atoms with E-state index in [0.717, 1.165) is 3.92 Å². The van der Waals surface area contributed by atoms with E-state index in [1.807, 2.05) is 36.7 Å². The summed E-state index contributed by atoms with van der Waals surface area (Å²) in [5, 5.41) is 2.92. The van der Waals surface area contributed by atoms with Crippen LogP contribution in [0.5, 0.6) is 0 Å². The van der Waals surface area contributed by atoms with Crippen LogP contribution in [0.25, 0.3) is 11.1 Å². The van der Waals surface area contributed by atoms with Crippen LogP contribution in [-0.4, -0.2) is 3.92 Å². The minimum absolute atomic E-state index is 0.832. The van der Waals surface area contributed by atoms with Crippen LogP contribution in [0.3, 0.4) is 0 Å². The topological polar surface area (TPSA) is 12.0 Å². The third-order valence-electron chi connectivity index (χ3n) is 5.35. The van der Waals surface area contributed by atoms with Crippen LogP contribution in [0.2, 0.25) is 0 Å². The number of hydrogen-bond acceptors (Lipinski definition) is 1. The van der Waals surface area contributed by atoms with E-state index >= 15 is 0 Å². The fourth-order valence-corrected chi connectivity index (χ4v) is 4.88. The Morgan fingerprint density at radius 1 is 0.731 bits per heavy atom. The van der Waals surface area contributed by atoms with Gasteiger partial charge in [-0.05, 0) is 77.6 Å². The number of aryl methyl sites for hydroxylation is 1. The Hall–Kier alpha value is -1.81. The van der Waals surface area contributed by atoms with Crippen molar-refractivity contribution >= 4 is 22.6 Å². The fraction of sp³-hybridized carbons (Fsp3) is 0.250. The van der Waals surface area contributed by atoms with Crippen LogP contribution in [-0.2, 0) is 25.7 Å². The minimum atomic E-state index is 0.832. The first-order chi connectivity index (χ1) is 12.8. The van der Waals surface area contributed by atoms with Gasteiger partial charge >= 0.3 is 0 Å². The van der Waals surface area contributed by atoms with Crippen LogP contribution in [0.15, 0.2) is 73.1 Å². The van der Waals surface area contributed by atoms with Crippen LogP contribution in [0.1, 0.15) is 28.7 Å². The highest BCUT2D eigenvalue weighted by Gasteiger charge is 2.24. The molecule has 132 valence electrons. The van der Waals surface area contributed by atoms with Crippen LogP contribution < -0.4 is 5.32 Å². The summed E-state index contributed by atoms with van der Waals surface area (Å²) < 4.78 is 0.832. The van der Waals surface area contributed by atoms with E-state index in [1.54, 1.807) is 16.7 Å². The molecule has 0 aromatic heterocycles. The van der Waals surface area contributed by atoms with E-state index in [-0.39, 0.29) is 0 Å². The van der Waals surface area contributed by atoms with Crippen LogP contribution >= 0.6 is 22.6 Å². The van der Waals surface area contributed by atoms with E-state index in [4.69, 9.17) is 0 Å². The van der Waals surface area contributed by atoms with Gasteiger partial charge in [0.05, 0.1) is 0 Å². The highest BCUT2D eigenvalue weighted by molar-refractivity contribution is 14.1. The summed E-state index contributed by atoms with van der Waals surface area (Å²) in [6.45, 7) is 0. The Balaban J connectivity index is 0.000000204. The second-order valence-corrected chi connectivity index (χ2v) is 8.76. The van der Waals surface area contributed by atoms with Crippen molar-refractivity contribution in [2.45, 2.75) is 36.0 Å². The van der Waals surface area contributed by atoms with E-state index in [9.17, 15) is 0 Å². The van der Waals surface area contributed by atoms with Gasteiger partial charge in [-0.25, -0.2) is 0 Å². The predicted octanol–water partition coefficient (Wildman–Crippen LogP) is 5.92. The number of halogens is 1. The summed E-state index contributed by atoms with van der Waals surface area (Å²) in [7, 11) is 0. The molecule has 26 heavy (non-hydrogen) atoms. The Morgan fingerprint density at radius 3 is 2.38 bits per heavy atom. The Morgan fingerprint density at radius 2 is 1.54 bits per heavy atom. The lowest BCUT2D eigenvalue weighted by atomic mass is 9.78. The molecular formula is C24H24IN. The van der Waals surface area contributed by atoms with Crippen molar-refractivity contribution in [1.82, 2.24) is 5.32 Å². The number of allylic oxidation sites excluding steroid dienone is 4. The third-order valence-corrected chi connectivity index (χ3v) is 6.41. The molecule has 1 N–H and O–H groups in total. The molecule has 0 saturated heterocycles. The summed E-state index contributed by atoms with van der Waals surface area (Å²) in [6.07, 6.45) is 17.9. The zero-order valence-corrected chi connectivity index (χ0v) is 17.1. The molecule has 1 unspecified atom stereocenters. The molecule has 0 radical (unpaired) electrons. The first-order valence-corrected chi connectivity index (χ1v) is 10.7. The summed E-state index contributed by atoms with van der Waals surface area (Å²) >= 11 is 2.61. The van der Waals surface area contributed by atoms with Gasteiger partial charge in [0, 0.05) is 16.3 Å². The van der Waals surface area contributed by atoms with Gasteiger partial charge in [0.25, 0.3) is 0 Å². The molecule has 0 amide bonds. The number of fused-ring (bicyclic) bond motifs is 5. The van der Waals surface area contributed by atoms with Crippen molar-refractivity contribution in [3.63, 3.8) is 0 Å². The van der Waals surface area contributed by atoms with E-state index in [0.29, 0.717) is 0 Å². The molecule has 0 bridgehead atoms. The second-order valence-electron chi connectivity index (χ2n) is 7.00. The smallest absolute Gasteiger partial charge is 0.0153 e. The maximum Gasteiger partial charge on any atom is 0.0153 e. The summed E-state index contributed by atoms with van der Waals surface area (Å²) in [6, 6.07) is 13.7. The highest BCUT2D eigenvalue weighted by Crippen LogP contribution is 2.39. The average Bonchev–Trinajstić information content (AvgIpc) is 3.01. The molecule has 2 aromatic carbocycles. The summed E-state index contributed by atoms with van der Waals surface area (Å²) in [5.41, 5.74) is 9.45. The predicted molar refractivity (Wildman–Crippen MR) is 120 cm³/mol. The first kappa shape index (κ1) is 17.6. The molecule has 2 heteroatoms. The second kappa shape index (κ2) is 8.26.